The van der Waals surface area contributed by atoms with Crippen LogP contribution in [0.4, 0.5) is 0 Å². The zero-order valence-corrected chi connectivity index (χ0v) is 12.1. The fourth-order valence-electron chi connectivity index (χ4n) is 2.40. The number of nitrogens with zero attached hydrogens (tertiary/aromatic N) is 1. The Morgan fingerprint density at radius 2 is 1.82 bits per heavy atom. The van der Waals surface area contributed by atoms with Crippen LogP contribution < -0.4 is 0 Å². The van der Waals surface area contributed by atoms with Crippen molar-refractivity contribution in [1.82, 2.24) is 4.90 Å². The van der Waals surface area contributed by atoms with Crippen LogP contribution >= 0.6 is 11.6 Å². The number of morpholine rings is 1. The van der Waals surface area contributed by atoms with Gasteiger partial charge in [0.1, 0.15) is 0 Å². The molecule has 1 rings (SSSR count). The summed E-state index contributed by atoms with van der Waals surface area (Å²) in [6.45, 7) is 6.23. The Bertz CT molecular complexity index is 178. The lowest BCUT2D eigenvalue weighted by Crippen LogP contribution is -2.46. The van der Waals surface area contributed by atoms with Crippen LogP contribution in [0, 0.1) is 0 Å². The SMILES string of the molecule is CCCCCCCCCN1CCOCC1CCl. The highest BCUT2D eigenvalue weighted by molar-refractivity contribution is 6.18. The molecule has 0 N–H and O–H groups in total. The fourth-order valence-corrected chi connectivity index (χ4v) is 2.68. The molecule has 1 atom stereocenters. The Kier molecular flexibility index (Phi) is 9.13. The molecule has 1 aliphatic rings. The first-order valence-corrected chi connectivity index (χ1v) is 7.79. The summed E-state index contributed by atoms with van der Waals surface area (Å²) in [5.41, 5.74) is 0. The highest BCUT2D eigenvalue weighted by Gasteiger charge is 2.21. The minimum atomic E-state index is 0.450. The molecule has 0 aromatic heterocycles. The summed E-state index contributed by atoms with van der Waals surface area (Å²) in [7, 11) is 0. The maximum Gasteiger partial charge on any atom is 0.0634 e. The minimum Gasteiger partial charge on any atom is -0.378 e. The average molecular weight is 262 g/mol. The number of hydrogen-bond acceptors (Lipinski definition) is 2. The molecule has 1 heterocycles. The predicted octanol–water partition coefficient (Wildman–Crippen LogP) is 3.68. The van der Waals surface area contributed by atoms with Gasteiger partial charge in [0.05, 0.1) is 13.2 Å². The Hall–Kier alpha value is 0.210. The van der Waals surface area contributed by atoms with Gasteiger partial charge in [0.2, 0.25) is 0 Å². The standard InChI is InChI=1S/C14H28ClNO/c1-2-3-4-5-6-7-8-9-16-10-11-17-13-14(16)12-15/h14H,2-13H2,1H3. The first kappa shape index (κ1) is 15.3. The molecule has 0 amide bonds. The van der Waals surface area contributed by atoms with Crippen LogP contribution in [0.1, 0.15) is 51.9 Å². The van der Waals surface area contributed by atoms with Crippen molar-refractivity contribution in [2.24, 2.45) is 0 Å². The van der Waals surface area contributed by atoms with E-state index in [1.54, 1.807) is 0 Å². The van der Waals surface area contributed by atoms with E-state index in [-0.39, 0.29) is 0 Å². The molecule has 0 aromatic rings. The number of unbranched alkanes of at least 4 members (excludes halogenated alkanes) is 6. The summed E-state index contributed by atoms with van der Waals surface area (Å²) in [6, 6.07) is 0.450. The lowest BCUT2D eigenvalue weighted by molar-refractivity contribution is 0.000393. The first-order chi connectivity index (χ1) is 8.38. The van der Waals surface area contributed by atoms with Crippen molar-refractivity contribution in [3.05, 3.63) is 0 Å². The van der Waals surface area contributed by atoms with Gasteiger partial charge in [-0.2, -0.15) is 0 Å². The van der Waals surface area contributed by atoms with E-state index in [9.17, 15) is 0 Å². The Morgan fingerprint density at radius 1 is 1.12 bits per heavy atom. The predicted molar refractivity (Wildman–Crippen MR) is 74.9 cm³/mol. The van der Waals surface area contributed by atoms with Gasteiger partial charge in [-0.15, -0.1) is 11.6 Å². The zero-order chi connectivity index (χ0) is 12.3. The highest BCUT2D eigenvalue weighted by atomic mass is 35.5. The van der Waals surface area contributed by atoms with E-state index in [0.717, 1.165) is 19.8 Å². The molecule has 2 nitrogen and oxygen atoms in total. The van der Waals surface area contributed by atoms with Gasteiger partial charge in [0.15, 0.2) is 0 Å². The lowest BCUT2D eigenvalue weighted by atomic mass is 10.1. The molecule has 102 valence electrons. The molecule has 0 aromatic carbocycles. The molecule has 17 heavy (non-hydrogen) atoms. The molecule has 0 bridgehead atoms. The third-order valence-electron chi connectivity index (χ3n) is 3.58. The molecule has 3 heteroatoms. The van der Waals surface area contributed by atoms with Crippen LogP contribution in [-0.4, -0.2) is 43.1 Å². The third-order valence-corrected chi connectivity index (χ3v) is 3.93. The molecule has 0 radical (unpaired) electrons. The molecule has 1 fully saturated rings. The van der Waals surface area contributed by atoms with E-state index in [0.29, 0.717) is 11.9 Å². The van der Waals surface area contributed by atoms with Crippen LogP contribution in [-0.2, 0) is 4.74 Å². The van der Waals surface area contributed by atoms with Gasteiger partial charge >= 0.3 is 0 Å². The smallest absolute Gasteiger partial charge is 0.0634 e. The fraction of sp³-hybridized carbons (Fsp3) is 1.00. The normalized spacial score (nSPS) is 21.9. The molecule has 1 unspecified atom stereocenters. The van der Waals surface area contributed by atoms with Crippen molar-refractivity contribution in [3.63, 3.8) is 0 Å². The summed E-state index contributed by atoms with van der Waals surface area (Å²) in [5.74, 6) is 0.705. The molecular weight excluding hydrogens is 234 g/mol. The maximum absolute atomic E-state index is 5.95. The van der Waals surface area contributed by atoms with Gasteiger partial charge in [-0.05, 0) is 13.0 Å². The topological polar surface area (TPSA) is 12.5 Å². The van der Waals surface area contributed by atoms with Crippen LogP contribution in [0.5, 0.6) is 0 Å². The van der Waals surface area contributed by atoms with Gasteiger partial charge in [-0.25, -0.2) is 0 Å². The van der Waals surface area contributed by atoms with Gasteiger partial charge < -0.3 is 4.74 Å². The van der Waals surface area contributed by atoms with Crippen LogP contribution in [0.25, 0.3) is 0 Å². The van der Waals surface area contributed by atoms with Gasteiger partial charge in [0.25, 0.3) is 0 Å². The van der Waals surface area contributed by atoms with Crippen LogP contribution in [0.3, 0.4) is 0 Å². The summed E-state index contributed by atoms with van der Waals surface area (Å²) < 4.78 is 5.45. The van der Waals surface area contributed by atoms with Crippen LogP contribution in [0.2, 0.25) is 0 Å². The summed E-state index contributed by atoms with van der Waals surface area (Å²) >= 11 is 5.95. The van der Waals surface area contributed by atoms with Crippen LogP contribution in [0.15, 0.2) is 0 Å². The van der Waals surface area contributed by atoms with Crippen molar-refractivity contribution < 1.29 is 4.74 Å². The van der Waals surface area contributed by atoms with E-state index in [1.165, 1.54) is 51.5 Å². The molecule has 1 saturated heterocycles. The summed E-state index contributed by atoms with van der Waals surface area (Å²) in [4.78, 5) is 2.50. The summed E-state index contributed by atoms with van der Waals surface area (Å²) in [6.07, 6.45) is 9.66. The monoisotopic (exact) mass is 261 g/mol. The highest BCUT2D eigenvalue weighted by Crippen LogP contribution is 2.12. The third kappa shape index (κ3) is 6.64. The van der Waals surface area contributed by atoms with E-state index < -0.39 is 0 Å². The number of alkyl halides is 1. The molecule has 0 aliphatic carbocycles. The van der Waals surface area contributed by atoms with E-state index in [2.05, 4.69) is 11.8 Å². The van der Waals surface area contributed by atoms with Crippen molar-refractivity contribution >= 4 is 11.6 Å². The van der Waals surface area contributed by atoms with Gasteiger partial charge in [-0.3, -0.25) is 4.90 Å². The summed E-state index contributed by atoms with van der Waals surface area (Å²) in [5, 5.41) is 0. The van der Waals surface area contributed by atoms with Crippen molar-refractivity contribution in [1.29, 1.82) is 0 Å². The maximum atomic E-state index is 5.95. The molecule has 0 spiro atoms. The Balaban J connectivity index is 1.97. The minimum absolute atomic E-state index is 0.450. The van der Waals surface area contributed by atoms with Crippen molar-refractivity contribution in [3.8, 4) is 0 Å². The van der Waals surface area contributed by atoms with Gasteiger partial charge in [-0.1, -0.05) is 45.4 Å². The lowest BCUT2D eigenvalue weighted by Gasteiger charge is -2.34. The Morgan fingerprint density at radius 3 is 2.53 bits per heavy atom. The molecule has 0 saturated carbocycles. The number of rotatable bonds is 9. The molecule has 1 aliphatic heterocycles. The zero-order valence-electron chi connectivity index (χ0n) is 11.3. The van der Waals surface area contributed by atoms with Crippen molar-refractivity contribution in [2.45, 2.75) is 57.9 Å². The number of ether oxygens (including phenoxy) is 1. The second-order valence-electron chi connectivity index (χ2n) is 5.04. The molecular formula is C14H28ClNO. The van der Waals surface area contributed by atoms with E-state index >= 15 is 0 Å². The number of hydrogen-bond donors (Lipinski definition) is 0. The quantitative estimate of drug-likeness (QED) is 0.464. The van der Waals surface area contributed by atoms with Gasteiger partial charge in [0, 0.05) is 18.5 Å². The second kappa shape index (κ2) is 10.2. The average Bonchev–Trinajstić information content (AvgIpc) is 2.38. The van der Waals surface area contributed by atoms with E-state index in [1.807, 2.05) is 0 Å². The Labute approximate surface area is 112 Å². The van der Waals surface area contributed by atoms with Crippen molar-refractivity contribution in [2.75, 3.05) is 32.2 Å². The number of halogens is 1. The second-order valence-corrected chi connectivity index (χ2v) is 5.35. The van der Waals surface area contributed by atoms with E-state index in [4.69, 9.17) is 16.3 Å². The largest absolute Gasteiger partial charge is 0.378 e. The first-order valence-electron chi connectivity index (χ1n) is 7.26.